The Kier molecular flexibility index (Phi) is 9.94. The van der Waals surface area contributed by atoms with Crippen LogP contribution < -0.4 is 14.8 Å². The largest absolute Gasteiger partial charge is 0.493 e. The third-order valence-corrected chi connectivity index (χ3v) is 6.68. The predicted octanol–water partition coefficient (Wildman–Crippen LogP) is 4.76. The van der Waals surface area contributed by atoms with Crippen LogP contribution in [0.3, 0.4) is 0 Å². The van der Waals surface area contributed by atoms with E-state index in [0.717, 1.165) is 24.9 Å². The van der Waals surface area contributed by atoms with Crippen LogP contribution >= 0.6 is 0 Å². The average molecular weight is 416 g/mol. The number of likely N-dealkylation sites (tertiary alicyclic amines) is 1. The first-order valence-corrected chi connectivity index (χ1v) is 11.6. The molecule has 1 atom stereocenters. The lowest BCUT2D eigenvalue weighted by Crippen LogP contribution is -2.43. The maximum Gasteiger partial charge on any atom is 0.161 e. The van der Waals surface area contributed by atoms with E-state index in [-0.39, 0.29) is 5.92 Å². The molecule has 5 nitrogen and oxygen atoms in total. The van der Waals surface area contributed by atoms with E-state index in [1.807, 2.05) is 18.2 Å². The number of hydrogen-bond acceptors (Lipinski definition) is 5. The number of unbranched alkanes of at least 4 members (excludes halogenated alkanes) is 1. The molecule has 0 spiro atoms. The Morgan fingerprint density at radius 2 is 1.87 bits per heavy atom. The lowest BCUT2D eigenvalue weighted by Gasteiger charge is -2.34. The SMILES string of the molecule is CCCCN1CCC(NCCCC(C#N)(c2ccc(OC)c(OC)c2)C(C)C)CC1. The summed E-state index contributed by atoms with van der Waals surface area (Å²) in [5.74, 6) is 1.59. The van der Waals surface area contributed by atoms with Crippen molar-refractivity contribution in [2.75, 3.05) is 40.4 Å². The molecule has 1 fully saturated rings. The molecule has 0 aromatic heterocycles. The van der Waals surface area contributed by atoms with Crippen molar-refractivity contribution in [2.24, 2.45) is 5.92 Å². The summed E-state index contributed by atoms with van der Waals surface area (Å²) in [5.41, 5.74) is 0.493. The Bertz CT molecular complexity index is 677. The molecule has 1 N–H and O–H groups in total. The van der Waals surface area contributed by atoms with Crippen molar-refractivity contribution < 1.29 is 9.47 Å². The van der Waals surface area contributed by atoms with Gasteiger partial charge in [0.15, 0.2) is 11.5 Å². The molecule has 1 aliphatic rings. The van der Waals surface area contributed by atoms with Gasteiger partial charge in [0.2, 0.25) is 0 Å². The van der Waals surface area contributed by atoms with E-state index in [9.17, 15) is 5.26 Å². The summed E-state index contributed by atoms with van der Waals surface area (Å²) in [6.45, 7) is 11.2. The van der Waals surface area contributed by atoms with Crippen molar-refractivity contribution in [1.82, 2.24) is 10.2 Å². The quantitative estimate of drug-likeness (QED) is 0.499. The third kappa shape index (κ3) is 6.12. The van der Waals surface area contributed by atoms with Gasteiger partial charge >= 0.3 is 0 Å². The highest BCUT2D eigenvalue weighted by Crippen LogP contribution is 2.40. The van der Waals surface area contributed by atoms with Gasteiger partial charge in [0.1, 0.15) is 0 Å². The summed E-state index contributed by atoms with van der Waals surface area (Å²) in [6.07, 6.45) is 6.85. The summed E-state index contributed by atoms with van der Waals surface area (Å²) >= 11 is 0. The first-order chi connectivity index (χ1) is 14.5. The van der Waals surface area contributed by atoms with Gasteiger partial charge < -0.3 is 19.7 Å². The van der Waals surface area contributed by atoms with Crippen LogP contribution in [0.5, 0.6) is 11.5 Å². The molecule has 5 heteroatoms. The molecule has 0 saturated carbocycles. The highest BCUT2D eigenvalue weighted by Gasteiger charge is 2.36. The Morgan fingerprint density at radius 1 is 1.17 bits per heavy atom. The molecule has 30 heavy (non-hydrogen) atoms. The second-order valence-corrected chi connectivity index (χ2v) is 8.83. The third-order valence-electron chi connectivity index (χ3n) is 6.68. The molecule has 1 aromatic carbocycles. The summed E-state index contributed by atoms with van der Waals surface area (Å²) < 4.78 is 10.9. The zero-order valence-electron chi connectivity index (χ0n) is 19.7. The Hall–Kier alpha value is -1.77. The van der Waals surface area contributed by atoms with E-state index in [2.05, 4.69) is 37.1 Å². The molecule has 1 aliphatic heterocycles. The minimum atomic E-state index is -0.523. The minimum Gasteiger partial charge on any atom is -0.493 e. The maximum absolute atomic E-state index is 10.2. The van der Waals surface area contributed by atoms with E-state index in [1.165, 1.54) is 45.3 Å². The van der Waals surface area contributed by atoms with Crippen LogP contribution in [-0.4, -0.2) is 51.3 Å². The predicted molar refractivity (Wildman–Crippen MR) is 123 cm³/mol. The number of rotatable bonds is 12. The summed E-state index contributed by atoms with van der Waals surface area (Å²) in [7, 11) is 3.28. The van der Waals surface area contributed by atoms with E-state index in [1.54, 1.807) is 14.2 Å². The second-order valence-electron chi connectivity index (χ2n) is 8.83. The van der Waals surface area contributed by atoms with Crippen molar-refractivity contribution in [3.05, 3.63) is 23.8 Å². The van der Waals surface area contributed by atoms with Gasteiger partial charge in [-0.05, 0) is 81.9 Å². The zero-order valence-corrected chi connectivity index (χ0v) is 19.7. The van der Waals surface area contributed by atoms with Gasteiger partial charge in [0.05, 0.1) is 25.7 Å². The molecule has 0 bridgehead atoms. The highest BCUT2D eigenvalue weighted by atomic mass is 16.5. The highest BCUT2D eigenvalue weighted by molar-refractivity contribution is 5.47. The van der Waals surface area contributed by atoms with Crippen molar-refractivity contribution in [2.45, 2.75) is 70.8 Å². The molecule has 168 valence electrons. The first kappa shape index (κ1) is 24.5. The average Bonchev–Trinajstić information content (AvgIpc) is 2.78. The fourth-order valence-corrected chi connectivity index (χ4v) is 4.55. The lowest BCUT2D eigenvalue weighted by molar-refractivity contribution is 0.194. The van der Waals surface area contributed by atoms with Gasteiger partial charge in [-0.25, -0.2) is 0 Å². The van der Waals surface area contributed by atoms with Crippen LogP contribution in [0.25, 0.3) is 0 Å². The normalized spacial score (nSPS) is 17.5. The summed E-state index contributed by atoms with van der Waals surface area (Å²) in [4.78, 5) is 2.60. The fourth-order valence-electron chi connectivity index (χ4n) is 4.55. The lowest BCUT2D eigenvalue weighted by atomic mass is 9.69. The van der Waals surface area contributed by atoms with Crippen LogP contribution in [0.15, 0.2) is 18.2 Å². The van der Waals surface area contributed by atoms with Gasteiger partial charge in [0, 0.05) is 6.04 Å². The van der Waals surface area contributed by atoms with E-state index in [4.69, 9.17) is 9.47 Å². The van der Waals surface area contributed by atoms with Crippen LogP contribution in [0.1, 0.15) is 64.9 Å². The number of methoxy groups -OCH3 is 2. The molecule has 0 radical (unpaired) electrons. The number of hydrogen-bond donors (Lipinski definition) is 1. The maximum atomic E-state index is 10.2. The van der Waals surface area contributed by atoms with Crippen LogP contribution in [-0.2, 0) is 5.41 Å². The van der Waals surface area contributed by atoms with Crippen molar-refractivity contribution in [3.8, 4) is 17.6 Å². The molecule has 0 aliphatic carbocycles. The number of nitriles is 1. The summed E-state index contributed by atoms with van der Waals surface area (Å²) in [5, 5.41) is 13.9. The smallest absolute Gasteiger partial charge is 0.161 e. The molecule has 1 aromatic rings. The molecule has 2 rings (SSSR count). The fraction of sp³-hybridized carbons (Fsp3) is 0.720. The number of ether oxygens (including phenoxy) is 2. The number of piperidine rings is 1. The van der Waals surface area contributed by atoms with Gasteiger partial charge in [-0.3, -0.25) is 0 Å². The van der Waals surface area contributed by atoms with E-state index < -0.39 is 5.41 Å². The van der Waals surface area contributed by atoms with Gasteiger partial charge in [-0.15, -0.1) is 0 Å². The molecule has 0 amide bonds. The van der Waals surface area contributed by atoms with Crippen molar-refractivity contribution in [1.29, 1.82) is 5.26 Å². The topological polar surface area (TPSA) is 57.5 Å². The van der Waals surface area contributed by atoms with Crippen LogP contribution in [0, 0.1) is 17.2 Å². The number of nitrogens with one attached hydrogen (secondary N) is 1. The van der Waals surface area contributed by atoms with Gasteiger partial charge in [-0.2, -0.15) is 5.26 Å². The van der Waals surface area contributed by atoms with Gasteiger partial charge in [0.25, 0.3) is 0 Å². The molecule has 1 saturated heterocycles. The Labute approximate surface area is 183 Å². The van der Waals surface area contributed by atoms with Crippen LogP contribution in [0.4, 0.5) is 0 Å². The Balaban J connectivity index is 1.93. The molecular weight excluding hydrogens is 374 g/mol. The van der Waals surface area contributed by atoms with E-state index in [0.29, 0.717) is 17.5 Å². The van der Waals surface area contributed by atoms with Crippen molar-refractivity contribution >= 4 is 0 Å². The minimum absolute atomic E-state index is 0.211. The molecular formula is C25H41N3O2. The van der Waals surface area contributed by atoms with Gasteiger partial charge in [-0.1, -0.05) is 33.3 Å². The Morgan fingerprint density at radius 3 is 2.43 bits per heavy atom. The zero-order chi connectivity index (χ0) is 22.0. The standard InChI is InChI=1S/C25H41N3O2/c1-6-7-15-28-16-11-22(12-17-28)27-14-8-13-25(19-26,20(2)3)21-9-10-23(29-4)24(18-21)30-5/h9-10,18,20,22,27H,6-8,11-17H2,1-5H3. The first-order valence-electron chi connectivity index (χ1n) is 11.6. The molecule has 1 unspecified atom stereocenters. The second kappa shape index (κ2) is 12.2. The van der Waals surface area contributed by atoms with Crippen LogP contribution in [0.2, 0.25) is 0 Å². The van der Waals surface area contributed by atoms with E-state index >= 15 is 0 Å². The summed E-state index contributed by atoms with van der Waals surface area (Å²) in [6, 6.07) is 9.17. The van der Waals surface area contributed by atoms with Crippen molar-refractivity contribution in [3.63, 3.8) is 0 Å². The molecule has 1 heterocycles. The number of benzene rings is 1. The monoisotopic (exact) mass is 415 g/mol. The number of nitrogens with zero attached hydrogens (tertiary/aromatic N) is 2.